The quantitative estimate of drug-likeness (QED) is 0.753. The van der Waals surface area contributed by atoms with Crippen LogP contribution < -0.4 is 5.73 Å². The lowest BCUT2D eigenvalue weighted by Crippen LogP contribution is -2.14. The van der Waals surface area contributed by atoms with Gasteiger partial charge in [0.2, 0.25) is 5.89 Å². The fourth-order valence-electron chi connectivity index (χ4n) is 0.883. The number of aromatic nitrogens is 3. The maximum atomic E-state index is 8.77. The maximum absolute atomic E-state index is 8.77. The van der Waals surface area contributed by atoms with Crippen molar-refractivity contribution >= 4 is 11.3 Å². The first kappa shape index (κ1) is 9.25. The maximum Gasteiger partial charge on any atom is 0.259 e. The van der Waals surface area contributed by atoms with Crippen molar-refractivity contribution in [2.45, 2.75) is 6.04 Å². The molecule has 0 fully saturated rings. The van der Waals surface area contributed by atoms with Gasteiger partial charge >= 0.3 is 0 Å². The Morgan fingerprint density at radius 2 is 2.43 bits per heavy atom. The summed E-state index contributed by atoms with van der Waals surface area (Å²) >= 11 is 1.40. The van der Waals surface area contributed by atoms with Gasteiger partial charge < -0.3 is 15.3 Å². The molecule has 0 saturated carbocycles. The van der Waals surface area contributed by atoms with E-state index in [2.05, 4.69) is 15.2 Å². The Morgan fingerprint density at radius 1 is 1.57 bits per heavy atom. The zero-order valence-electron chi connectivity index (χ0n) is 7.12. The molecule has 0 unspecified atom stereocenters. The van der Waals surface area contributed by atoms with Crippen LogP contribution in [0.25, 0.3) is 10.8 Å². The zero-order chi connectivity index (χ0) is 9.97. The summed E-state index contributed by atoms with van der Waals surface area (Å²) in [7, 11) is 0. The third-order valence-corrected chi connectivity index (χ3v) is 2.36. The Hall–Kier alpha value is -1.31. The molecule has 2 aromatic rings. The summed E-state index contributed by atoms with van der Waals surface area (Å²) in [6, 6.07) is -0.621. The molecule has 2 aromatic heterocycles. The van der Waals surface area contributed by atoms with Gasteiger partial charge in [-0.1, -0.05) is 0 Å². The average molecular weight is 212 g/mol. The number of nitrogens with zero attached hydrogens (tertiary/aromatic N) is 3. The van der Waals surface area contributed by atoms with Gasteiger partial charge in [0, 0.05) is 0 Å². The number of nitrogens with two attached hydrogens (primary N) is 1. The van der Waals surface area contributed by atoms with Crippen molar-refractivity contribution in [2.24, 2.45) is 5.73 Å². The largest absolute Gasteiger partial charge is 0.418 e. The first-order chi connectivity index (χ1) is 6.81. The predicted octanol–water partition coefficient (Wildman–Crippen LogP) is 0.185. The van der Waals surface area contributed by atoms with Crippen LogP contribution in [0.15, 0.2) is 16.1 Å². The van der Waals surface area contributed by atoms with E-state index in [0.717, 1.165) is 4.88 Å². The lowest BCUT2D eigenvalue weighted by atomic mass is 10.3. The molecular weight excluding hydrogens is 204 g/mol. The summed E-state index contributed by atoms with van der Waals surface area (Å²) in [6.07, 6.45) is 1.63. The zero-order valence-corrected chi connectivity index (χ0v) is 7.94. The number of hydrogen-bond donors (Lipinski definition) is 2. The van der Waals surface area contributed by atoms with Crippen LogP contribution in [0.5, 0.6) is 0 Å². The normalized spacial score (nSPS) is 13.0. The Balaban J connectivity index is 2.26. The van der Waals surface area contributed by atoms with Gasteiger partial charge in [0.1, 0.15) is 10.9 Å². The number of rotatable bonds is 3. The first-order valence-electron chi connectivity index (χ1n) is 3.90. The molecule has 0 saturated heterocycles. The summed E-state index contributed by atoms with van der Waals surface area (Å²) in [5.41, 5.74) is 7.17. The highest BCUT2D eigenvalue weighted by Gasteiger charge is 2.14. The fraction of sp³-hybridized carbons (Fsp3) is 0.286. The third kappa shape index (κ3) is 1.65. The molecule has 0 aliphatic heterocycles. The smallest absolute Gasteiger partial charge is 0.259 e. The van der Waals surface area contributed by atoms with E-state index >= 15 is 0 Å². The Morgan fingerprint density at radius 3 is 3.07 bits per heavy atom. The molecule has 0 radical (unpaired) electrons. The summed E-state index contributed by atoms with van der Waals surface area (Å²) in [4.78, 5) is 4.67. The molecule has 2 heterocycles. The molecular formula is C7H8N4O2S. The SMILES string of the molecule is N[C@H](CO)c1nnc(-c2cncs2)o1. The van der Waals surface area contributed by atoms with Crippen molar-refractivity contribution in [1.82, 2.24) is 15.2 Å². The van der Waals surface area contributed by atoms with Crippen LogP contribution in [0.3, 0.4) is 0 Å². The molecule has 2 rings (SSSR count). The van der Waals surface area contributed by atoms with Crippen molar-refractivity contribution in [3.8, 4) is 10.8 Å². The number of aliphatic hydroxyl groups excluding tert-OH is 1. The van der Waals surface area contributed by atoms with Crippen LogP contribution in [0, 0.1) is 0 Å². The molecule has 0 bridgehead atoms. The highest BCUT2D eigenvalue weighted by Crippen LogP contribution is 2.22. The van der Waals surface area contributed by atoms with Crippen molar-refractivity contribution in [2.75, 3.05) is 6.61 Å². The van der Waals surface area contributed by atoms with E-state index in [4.69, 9.17) is 15.3 Å². The minimum absolute atomic E-state index is 0.218. The molecule has 0 amide bonds. The average Bonchev–Trinajstić information content (AvgIpc) is 2.86. The van der Waals surface area contributed by atoms with E-state index in [1.807, 2.05) is 0 Å². The highest BCUT2D eigenvalue weighted by molar-refractivity contribution is 7.13. The van der Waals surface area contributed by atoms with Gasteiger partial charge in [0.25, 0.3) is 5.89 Å². The van der Waals surface area contributed by atoms with Crippen LogP contribution in [0.2, 0.25) is 0 Å². The first-order valence-corrected chi connectivity index (χ1v) is 4.78. The van der Waals surface area contributed by atoms with Crippen LogP contribution in [0.1, 0.15) is 11.9 Å². The van der Waals surface area contributed by atoms with Gasteiger partial charge in [0.05, 0.1) is 18.3 Å². The van der Waals surface area contributed by atoms with Crippen LogP contribution >= 0.6 is 11.3 Å². The molecule has 3 N–H and O–H groups in total. The van der Waals surface area contributed by atoms with E-state index < -0.39 is 6.04 Å². The molecule has 7 heteroatoms. The van der Waals surface area contributed by atoms with Crippen LogP contribution in [-0.2, 0) is 0 Å². The lowest BCUT2D eigenvalue weighted by molar-refractivity contribution is 0.249. The molecule has 14 heavy (non-hydrogen) atoms. The van der Waals surface area contributed by atoms with Gasteiger partial charge in [-0.3, -0.25) is 4.98 Å². The molecule has 6 nitrogen and oxygen atoms in total. The summed E-state index contributed by atoms with van der Waals surface area (Å²) in [5.74, 6) is 0.613. The van der Waals surface area contributed by atoms with Gasteiger partial charge in [0.15, 0.2) is 0 Å². The third-order valence-electron chi connectivity index (χ3n) is 1.60. The second-order valence-corrected chi connectivity index (χ2v) is 3.49. The highest BCUT2D eigenvalue weighted by atomic mass is 32.1. The van der Waals surface area contributed by atoms with E-state index in [1.165, 1.54) is 11.3 Å². The minimum Gasteiger partial charge on any atom is -0.418 e. The topological polar surface area (TPSA) is 98.1 Å². The molecule has 1 atom stereocenters. The van der Waals surface area contributed by atoms with E-state index in [0.29, 0.717) is 5.89 Å². The van der Waals surface area contributed by atoms with Crippen LogP contribution in [0.4, 0.5) is 0 Å². The van der Waals surface area contributed by atoms with Crippen LogP contribution in [-0.4, -0.2) is 26.9 Å². The number of thiazole rings is 1. The number of hydrogen-bond acceptors (Lipinski definition) is 7. The molecule has 74 valence electrons. The monoisotopic (exact) mass is 212 g/mol. The Bertz CT molecular complexity index is 399. The second kappa shape index (κ2) is 3.82. The van der Waals surface area contributed by atoms with Crippen molar-refractivity contribution in [3.63, 3.8) is 0 Å². The van der Waals surface area contributed by atoms with Gasteiger partial charge in [-0.05, 0) is 0 Å². The van der Waals surface area contributed by atoms with Crippen molar-refractivity contribution < 1.29 is 9.52 Å². The summed E-state index contributed by atoms with van der Waals surface area (Å²) < 4.78 is 5.24. The Kier molecular flexibility index (Phi) is 2.53. The van der Waals surface area contributed by atoms with E-state index in [-0.39, 0.29) is 12.5 Å². The predicted molar refractivity (Wildman–Crippen MR) is 49.4 cm³/mol. The van der Waals surface area contributed by atoms with E-state index in [9.17, 15) is 0 Å². The van der Waals surface area contributed by atoms with Crippen molar-refractivity contribution in [1.29, 1.82) is 0 Å². The standard InChI is InChI=1S/C7H8N4O2S/c8-4(2-12)6-10-11-7(13-6)5-1-9-3-14-5/h1,3-4,12H,2,8H2/t4-/m1/s1. The van der Waals surface area contributed by atoms with Gasteiger partial charge in [-0.15, -0.1) is 21.5 Å². The fourth-order valence-corrected chi connectivity index (χ4v) is 1.42. The summed E-state index contributed by atoms with van der Waals surface area (Å²) in [6.45, 7) is -0.218. The molecule has 0 aromatic carbocycles. The van der Waals surface area contributed by atoms with E-state index in [1.54, 1.807) is 11.7 Å². The lowest BCUT2D eigenvalue weighted by Gasteiger charge is -1.98. The van der Waals surface area contributed by atoms with Gasteiger partial charge in [-0.25, -0.2) is 0 Å². The number of aliphatic hydroxyl groups is 1. The Labute approximate surface area is 83.4 Å². The minimum atomic E-state index is -0.621. The van der Waals surface area contributed by atoms with Crippen molar-refractivity contribution in [3.05, 3.63) is 17.6 Å². The summed E-state index contributed by atoms with van der Waals surface area (Å²) in [5, 5.41) is 16.3. The molecule has 0 aliphatic carbocycles. The second-order valence-electron chi connectivity index (χ2n) is 2.60. The molecule has 0 spiro atoms. The van der Waals surface area contributed by atoms with Gasteiger partial charge in [-0.2, -0.15) is 0 Å². The molecule has 0 aliphatic rings.